The second kappa shape index (κ2) is 5.33. The first kappa shape index (κ1) is 12.3. The number of halogens is 1. The Hall–Kier alpha value is -0.800. The van der Waals surface area contributed by atoms with Crippen LogP contribution in [0, 0.1) is 5.92 Å². The van der Waals surface area contributed by atoms with Crippen LogP contribution in [0.2, 0.25) is 5.02 Å². The fourth-order valence-corrected chi connectivity index (χ4v) is 1.65. The van der Waals surface area contributed by atoms with Crippen LogP contribution >= 0.6 is 23.8 Å². The number of hydrogen-bond donors (Lipinski definition) is 1. The maximum Gasteiger partial charge on any atom is 0.137 e. The third-order valence-corrected chi connectivity index (χ3v) is 2.94. The predicted octanol–water partition coefficient (Wildman–Crippen LogP) is 2.81. The van der Waals surface area contributed by atoms with Gasteiger partial charge in [-0.2, -0.15) is 0 Å². The molecule has 0 fully saturated rings. The topological polar surface area (TPSA) is 35.2 Å². The van der Waals surface area contributed by atoms with Gasteiger partial charge in [0.25, 0.3) is 0 Å². The van der Waals surface area contributed by atoms with Gasteiger partial charge in [-0.15, -0.1) is 0 Å². The molecular weight excluding hydrogens is 230 g/mol. The van der Waals surface area contributed by atoms with Gasteiger partial charge < -0.3 is 10.5 Å². The molecule has 2 nitrogen and oxygen atoms in total. The Morgan fingerprint density at radius 2 is 2.27 bits per heavy atom. The number of thiocarbonyl (C=S) groups is 1. The molecule has 15 heavy (non-hydrogen) atoms. The fourth-order valence-electron chi connectivity index (χ4n) is 1.29. The summed E-state index contributed by atoms with van der Waals surface area (Å²) < 4.78 is 5.07. The van der Waals surface area contributed by atoms with E-state index in [0.717, 1.165) is 12.0 Å². The molecule has 0 aliphatic rings. The lowest BCUT2D eigenvalue weighted by Crippen LogP contribution is -2.20. The Bertz CT molecular complexity index is 368. The number of hydrogen-bond acceptors (Lipinski definition) is 2. The highest BCUT2D eigenvalue weighted by atomic mass is 35.5. The summed E-state index contributed by atoms with van der Waals surface area (Å²) in [5.74, 6) is 0.868. The molecule has 1 unspecified atom stereocenters. The summed E-state index contributed by atoms with van der Waals surface area (Å²) in [7, 11) is 1.60. The van der Waals surface area contributed by atoms with Crippen LogP contribution < -0.4 is 10.5 Å². The smallest absolute Gasteiger partial charge is 0.137 e. The zero-order valence-corrected chi connectivity index (χ0v) is 10.4. The first-order chi connectivity index (χ1) is 7.04. The van der Waals surface area contributed by atoms with Crippen molar-refractivity contribution in [2.24, 2.45) is 11.7 Å². The largest absolute Gasteiger partial charge is 0.495 e. The summed E-state index contributed by atoms with van der Waals surface area (Å²) in [6, 6.07) is 5.71. The van der Waals surface area contributed by atoms with E-state index in [4.69, 9.17) is 34.3 Å². The maximum absolute atomic E-state index is 6.00. The van der Waals surface area contributed by atoms with Crippen LogP contribution in [0.1, 0.15) is 12.5 Å². The van der Waals surface area contributed by atoms with E-state index in [-0.39, 0.29) is 5.92 Å². The fraction of sp³-hybridized carbons (Fsp3) is 0.364. The van der Waals surface area contributed by atoms with Crippen molar-refractivity contribution in [3.8, 4) is 5.75 Å². The zero-order valence-electron chi connectivity index (χ0n) is 8.79. The number of benzene rings is 1. The average molecular weight is 244 g/mol. The number of ether oxygens (including phenoxy) is 1. The molecular formula is C11H14ClNOS. The molecule has 0 bridgehead atoms. The molecule has 0 saturated heterocycles. The summed E-state index contributed by atoms with van der Waals surface area (Å²) in [6.45, 7) is 2.00. The van der Waals surface area contributed by atoms with E-state index >= 15 is 0 Å². The molecule has 0 amide bonds. The zero-order chi connectivity index (χ0) is 11.4. The highest BCUT2D eigenvalue weighted by molar-refractivity contribution is 7.80. The van der Waals surface area contributed by atoms with Crippen molar-refractivity contribution in [3.05, 3.63) is 28.8 Å². The van der Waals surface area contributed by atoms with Crippen LogP contribution in [-0.4, -0.2) is 12.1 Å². The summed E-state index contributed by atoms with van der Waals surface area (Å²) in [4.78, 5) is 0.530. The van der Waals surface area contributed by atoms with E-state index < -0.39 is 0 Å². The van der Waals surface area contributed by atoms with Crippen LogP contribution in [0.5, 0.6) is 5.75 Å². The van der Waals surface area contributed by atoms with Crippen molar-refractivity contribution in [2.75, 3.05) is 7.11 Å². The standard InChI is InChI=1S/C11H14ClNOS/c1-7(11(13)15)5-8-3-4-10(14-2)9(12)6-8/h3-4,6-7H,5H2,1-2H3,(H2,13,15). The van der Waals surface area contributed by atoms with Gasteiger partial charge >= 0.3 is 0 Å². The highest BCUT2D eigenvalue weighted by Crippen LogP contribution is 2.25. The van der Waals surface area contributed by atoms with Crippen LogP contribution in [0.25, 0.3) is 0 Å². The van der Waals surface area contributed by atoms with Gasteiger partial charge in [0.2, 0.25) is 0 Å². The molecule has 1 rings (SSSR count). The quantitative estimate of drug-likeness (QED) is 0.826. The average Bonchev–Trinajstić information content (AvgIpc) is 2.18. The minimum atomic E-state index is 0.185. The Morgan fingerprint density at radius 1 is 1.60 bits per heavy atom. The minimum absolute atomic E-state index is 0.185. The Labute approximate surface area is 100 Å². The van der Waals surface area contributed by atoms with Gasteiger partial charge in [-0.05, 0) is 24.1 Å². The van der Waals surface area contributed by atoms with Crippen LogP contribution in [0.15, 0.2) is 18.2 Å². The van der Waals surface area contributed by atoms with E-state index in [0.29, 0.717) is 15.8 Å². The maximum atomic E-state index is 6.00. The van der Waals surface area contributed by atoms with Gasteiger partial charge in [0.1, 0.15) is 5.75 Å². The van der Waals surface area contributed by atoms with Gasteiger partial charge in [-0.3, -0.25) is 0 Å². The van der Waals surface area contributed by atoms with E-state index in [1.165, 1.54) is 0 Å². The van der Waals surface area contributed by atoms with Crippen LogP contribution in [0.4, 0.5) is 0 Å². The SMILES string of the molecule is COc1ccc(CC(C)C(N)=S)cc1Cl. The Morgan fingerprint density at radius 3 is 2.73 bits per heavy atom. The molecule has 2 N–H and O–H groups in total. The summed E-state index contributed by atoms with van der Waals surface area (Å²) in [5.41, 5.74) is 6.66. The van der Waals surface area contributed by atoms with E-state index in [1.807, 2.05) is 25.1 Å². The monoisotopic (exact) mass is 243 g/mol. The first-order valence-corrected chi connectivity index (χ1v) is 5.45. The van der Waals surface area contributed by atoms with Gasteiger partial charge in [0, 0.05) is 5.92 Å². The summed E-state index contributed by atoms with van der Waals surface area (Å²) in [6.07, 6.45) is 0.805. The summed E-state index contributed by atoms with van der Waals surface area (Å²) >= 11 is 10.9. The number of methoxy groups -OCH3 is 1. The van der Waals surface area contributed by atoms with Crippen molar-refractivity contribution in [1.82, 2.24) is 0 Å². The second-order valence-electron chi connectivity index (χ2n) is 3.48. The number of nitrogens with two attached hydrogens (primary N) is 1. The molecule has 4 heteroatoms. The van der Waals surface area contributed by atoms with Crippen molar-refractivity contribution in [1.29, 1.82) is 0 Å². The van der Waals surface area contributed by atoms with E-state index in [2.05, 4.69) is 0 Å². The van der Waals surface area contributed by atoms with Gasteiger partial charge in [0.15, 0.2) is 0 Å². The molecule has 82 valence electrons. The Kier molecular flexibility index (Phi) is 4.36. The lowest BCUT2D eigenvalue weighted by atomic mass is 10.0. The molecule has 1 aromatic carbocycles. The van der Waals surface area contributed by atoms with E-state index in [9.17, 15) is 0 Å². The van der Waals surface area contributed by atoms with E-state index in [1.54, 1.807) is 7.11 Å². The lowest BCUT2D eigenvalue weighted by Gasteiger charge is -2.10. The van der Waals surface area contributed by atoms with Crippen molar-refractivity contribution in [2.45, 2.75) is 13.3 Å². The Balaban J connectivity index is 2.79. The minimum Gasteiger partial charge on any atom is -0.495 e. The third kappa shape index (κ3) is 3.36. The highest BCUT2D eigenvalue weighted by Gasteiger charge is 2.08. The van der Waals surface area contributed by atoms with Gasteiger partial charge in [0.05, 0.1) is 17.1 Å². The molecule has 0 saturated carbocycles. The summed E-state index contributed by atoms with van der Waals surface area (Å²) in [5, 5.41) is 0.616. The predicted molar refractivity (Wildman–Crippen MR) is 67.7 cm³/mol. The number of rotatable bonds is 4. The molecule has 1 aromatic rings. The van der Waals surface area contributed by atoms with Crippen molar-refractivity contribution < 1.29 is 4.74 Å². The molecule has 0 spiro atoms. The second-order valence-corrected chi connectivity index (χ2v) is 4.36. The van der Waals surface area contributed by atoms with Gasteiger partial charge in [-0.1, -0.05) is 36.8 Å². The molecule has 0 radical (unpaired) electrons. The van der Waals surface area contributed by atoms with Gasteiger partial charge in [-0.25, -0.2) is 0 Å². The molecule has 1 atom stereocenters. The molecule has 0 aliphatic heterocycles. The molecule has 0 heterocycles. The molecule has 0 aliphatic carbocycles. The first-order valence-electron chi connectivity index (χ1n) is 4.66. The van der Waals surface area contributed by atoms with Crippen molar-refractivity contribution in [3.63, 3.8) is 0 Å². The third-order valence-electron chi connectivity index (χ3n) is 2.24. The lowest BCUT2D eigenvalue weighted by molar-refractivity contribution is 0.415. The molecule has 0 aromatic heterocycles. The van der Waals surface area contributed by atoms with Crippen LogP contribution in [0.3, 0.4) is 0 Å². The normalized spacial score (nSPS) is 12.2. The van der Waals surface area contributed by atoms with Crippen LogP contribution in [-0.2, 0) is 6.42 Å². The van der Waals surface area contributed by atoms with Crippen molar-refractivity contribution >= 4 is 28.8 Å².